The van der Waals surface area contributed by atoms with Gasteiger partial charge >= 0.3 is 5.97 Å². The second-order valence-corrected chi connectivity index (χ2v) is 7.30. The van der Waals surface area contributed by atoms with E-state index in [1.54, 1.807) is 13.8 Å². The highest BCUT2D eigenvalue weighted by atomic mass is 32.2. The van der Waals surface area contributed by atoms with Gasteiger partial charge in [-0.3, -0.25) is 9.59 Å². The summed E-state index contributed by atoms with van der Waals surface area (Å²) in [5, 5.41) is 2.69. The van der Waals surface area contributed by atoms with Gasteiger partial charge < -0.3 is 15.8 Å². The van der Waals surface area contributed by atoms with E-state index in [2.05, 4.69) is 10.3 Å². The Hall–Kier alpha value is -1.87. The quantitative estimate of drug-likeness (QED) is 0.780. The Morgan fingerprint density at radius 3 is 2.65 bits per heavy atom. The number of thioether (sulfide) groups is 1. The summed E-state index contributed by atoms with van der Waals surface area (Å²) in [6.45, 7) is 5.64. The molecule has 0 unspecified atom stereocenters. The molecule has 1 aliphatic heterocycles. The number of hydrogen-bond acceptors (Lipinski definition) is 7. The van der Waals surface area contributed by atoms with Crippen LogP contribution in [0, 0.1) is 13.8 Å². The molecule has 0 saturated heterocycles. The number of thiophene rings is 1. The topological polar surface area (TPSA) is 111 Å². The number of nitrogens with zero attached hydrogens (tertiary/aromatic N) is 1. The fourth-order valence-corrected chi connectivity index (χ4v) is 3.93. The molecule has 1 atom stereocenters. The van der Waals surface area contributed by atoms with E-state index in [4.69, 9.17) is 10.5 Å². The highest BCUT2D eigenvalue weighted by Crippen LogP contribution is 2.33. The first-order chi connectivity index (χ1) is 10.8. The molecule has 0 aliphatic carbocycles. The minimum absolute atomic E-state index is 0.0496. The van der Waals surface area contributed by atoms with Crippen molar-refractivity contribution in [1.82, 2.24) is 0 Å². The monoisotopic (exact) mass is 355 g/mol. The summed E-state index contributed by atoms with van der Waals surface area (Å²) in [5.74, 6) is -1.25. The number of esters is 1. The van der Waals surface area contributed by atoms with Crippen LogP contribution in [0.1, 0.15) is 34.1 Å². The van der Waals surface area contributed by atoms with Gasteiger partial charge in [-0.05, 0) is 26.3 Å². The van der Waals surface area contributed by atoms with Crippen LogP contribution < -0.4 is 11.1 Å². The molecule has 0 aromatic carbocycles. The van der Waals surface area contributed by atoms with Crippen LogP contribution in [0.3, 0.4) is 0 Å². The fraction of sp³-hybridized carbons (Fsp3) is 0.429. The van der Waals surface area contributed by atoms with Gasteiger partial charge in [0.15, 0.2) is 5.17 Å². The second kappa shape index (κ2) is 7.14. The number of ether oxygens (including phenoxy) is 1. The van der Waals surface area contributed by atoms with E-state index >= 15 is 0 Å². The molecular weight excluding hydrogens is 338 g/mol. The van der Waals surface area contributed by atoms with E-state index in [0.717, 1.165) is 22.2 Å². The molecule has 23 heavy (non-hydrogen) atoms. The third-order valence-electron chi connectivity index (χ3n) is 3.25. The lowest BCUT2D eigenvalue weighted by Gasteiger charge is -2.09. The highest BCUT2D eigenvalue weighted by molar-refractivity contribution is 8.15. The van der Waals surface area contributed by atoms with Crippen molar-refractivity contribution in [2.75, 3.05) is 11.9 Å². The number of carbonyl (C=O) groups excluding carboxylic acids is 3. The van der Waals surface area contributed by atoms with E-state index < -0.39 is 17.1 Å². The van der Waals surface area contributed by atoms with Gasteiger partial charge in [0.05, 0.1) is 12.2 Å². The number of aryl methyl sites for hydroxylation is 1. The summed E-state index contributed by atoms with van der Waals surface area (Å²) in [5.41, 5.74) is 6.61. The number of carbonyl (C=O) groups is 3. The number of rotatable bonds is 5. The molecular formula is C14H17N3O4S2. The van der Waals surface area contributed by atoms with E-state index in [-0.39, 0.29) is 24.1 Å². The average molecular weight is 355 g/mol. The molecule has 2 amide bonds. The van der Waals surface area contributed by atoms with Crippen molar-refractivity contribution >= 4 is 51.1 Å². The third-order valence-corrected chi connectivity index (χ3v) is 5.36. The number of hydrogen-bond donors (Lipinski definition) is 2. The third kappa shape index (κ3) is 3.91. The van der Waals surface area contributed by atoms with Crippen molar-refractivity contribution in [3.8, 4) is 0 Å². The number of anilines is 1. The van der Waals surface area contributed by atoms with Gasteiger partial charge in [-0.15, -0.1) is 11.3 Å². The normalized spacial score (nSPS) is 17.1. The Balaban J connectivity index is 2.11. The minimum Gasteiger partial charge on any atom is -0.462 e. The zero-order chi connectivity index (χ0) is 17.1. The number of nitrogens with one attached hydrogen (secondary N) is 1. The van der Waals surface area contributed by atoms with Gasteiger partial charge in [0.1, 0.15) is 10.3 Å². The summed E-state index contributed by atoms with van der Waals surface area (Å²) in [7, 11) is 0. The van der Waals surface area contributed by atoms with Crippen LogP contribution in [0.25, 0.3) is 0 Å². The molecule has 2 rings (SSSR count). The fourth-order valence-electron chi connectivity index (χ4n) is 2.04. The number of aliphatic imine (C=N–C) groups is 1. The molecule has 1 aromatic heterocycles. The van der Waals surface area contributed by atoms with Crippen molar-refractivity contribution < 1.29 is 19.1 Å². The summed E-state index contributed by atoms with van der Waals surface area (Å²) in [6.07, 6.45) is -0.0496. The zero-order valence-corrected chi connectivity index (χ0v) is 14.6. The van der Waals surface area contributed by atoms with E-state index in [1.165, 1.54) is 11.3 Å². The average Bonchev–Trinajstić information content (AvgIpc) is 2.90. The molecule has 0 spiro atoms. The van der Waals surface area contributed by atoms with Gasteiger partial charge in [0, 0.05) is 11.3 Å². The first-order valence-electron chi connectivity index (χ1n) is 6.95. The van der Waals surface area contributed by atoms with Crippen molar-refractivity contribution in [1.29, 1.82) is 0 Å². The Morgan fingerprint density at radius 1 is 1.39 bits per heavy atom. The van der Waals surface area contributed by atoms with Crippen LogP contribution in [-0.2, 0) is 14.3 Å². The maximum atomic E-state index is 12.2. The Bertz CT molecular complexity index is 696. The summed E-state index contributed by atoms with van der Waals surface area (Å²) >= 11 is 2.37. The van der Waals surface area contributed by atoms with Crippen LogP contribution in [-0.4, -0.2) is 34.8 Å². The van der Waals surface area contributed by atoms with E-state index in [9.17, 15) is 14.4 Å². The first kappa shape index (κ1) is 17.5. The van der Waals surface area contributed by atoms with E-state index in [0.29, 0.717) is 10.6 Å². The van der Waals surface area contributed by atoms with Gasteiger partial charge in [0.25, 0.3) is 5.91 Å². The van der Waals surface area contributed by atoms with Gasteiger partial charge in [-0.25, -0.2) is 4.79 Å². The molecule has 9 heteroatoms. The molecule has 1 aliphatic rings. The second-order valence-electron chi connectivity index (χ2n) is 4.85. The Morgan fingerprint density at radius 2 is 2.09 bits per heavy atom. The lowest BCUT2D eigenvalue weighted by Crippen LogP contribution is -2.22. The molecule has 0 bridgehead atoms. The van der Waals surface area contributed by atoms with Crippen molar-refractivity contribution in [2.24, 2.45) is 10.7 Å². The standard InChI is InChI=1S/C14H17N3O4S2/c1-4-21-13(20)10-6(2)7(3)22-12(10)16-9(18)5-8-11(19)17-14(15)23-8/h8H,4-5H2,1-3H3,(H,16,18)(H2,15,17,19)/t8-/m1/s1. The van der Waals surface area contributed by atoms with Gasteiger partial charge in [-0.1, -0.05) is 11.8 Å². The van der Waals surface area contributed by atoms with Crippen LogP contribution >= 0.6 is 23.1 Å². The molecule has 2 heterocycles. The van der Waals surface area contributed by atoms with E-state index in [1.807, 2.05) is 6.92 Å². The summed E-state index contributed by atoms with van der Waals surface area (Å²) in [6, 6.07) is 0. The SMILES string of the molecule is CCOC(=O)c1c(NC(=O)C[C@H]2SC(N)=NC2=O)sc(C)c1C. The Labute approximate surface area is 141 Å². The minimum atomic E-state index is -0.608. The van der Waals surface area contributed by atoms with Gasteiger partial charge in [-0.2, -0.15) is 4.99 Å². The number of nitrogens with two attached hydrogens (primary N) is 1. The first-order valence-corrected chi connectivity index (χ1v) is 8.64. The van der Waals surface area contributed by atoms with Crippen LogP contribution in [0.5, 0.6) is 0 Å². The lowest BCUT2D eigenvalue weighted by molar-refractivity contribution is -0.121. The van der Waals surface area contributed by atoms with Crippen LogP contribution in [0.15, 0.2) is 4.99 Å². The number of amidine groups is 1. The molecule has 0 saturated carbocycles. The maximum absolute atomic E-state index is 12.2. The molecule has 7 nitrogen and oxygen atoms in total. The predicted molar refractivity (Wildman–Crippen MR) is 91.0 cm³/mol. The molecule has 1 aromatic rings. The van der Waals surface area contributed by atoms with Crippen LogP contribution in [0.2, 0.25) is 0 Å². The van der Waals surface area contributed by atoms with Crippen molar-refractivity contribution in [3.05, 3.63) is 16.0 Å². The van der Waals surface area contributed by atoms with Gasteiger partial charge in [0.2, 0.25) is 5.91 Å². The number of amides is 2. The Kier molecular flexibility index (Phi) is 5.42. The predicted octanol–water partition coefficient (Wildman–Crippen LogP) is 1.83. The van der Waals surface area contributed by atoms with Crippen LogP contribution in [0.4, 0.5) is 5.00 Å². The largest absolute Gasteiger partial charge is 0.462 e. The lowest BCUT2D eigenvalue weighted by atomic mass is 10.1. The summed E-state index contributed by atoms with van der Waals surface area (Å²) in [4.78, 5) is 40.3. The van der Waals surface area contributed by atoms with Crippen molar-refractivity contribution in [2.45, 2.75) is 32.4 Å². The smallest absolute Gasteiger partial charge is 0.341 e. The maximum Gasteiger partial charge on any atom is 0.341 e. The highest BCUT2D eigenvalue weighted by Gasteiger charge is 2.30. The molecule has 0 radical (unpaired) electrons. The van der Waals surface area contributed by atoms with Crippen molar-refractivity contribution in [3.63, 3.8) is 0 Å². The zero-order valence-electron chi connectivity index (χ0n) is 13.0. The molecule has 3 N–H and O–H groups in total. The molecule has 124 valence electrons. The summed E-state index contributed by atoms with van der Waals surface area (Å²) < 4.78 is 5.03. The molecule has 0 fully saturated rings.